The van der Waals surface area contributed by atoms with E-state index in [0.717, 1.165) is 19.0 Å². The number of guanidine groups is 1. The molecular formula is C16H26N4. The Morgan fingerprint density at radius 1 is 1.10 bits per heavy atom. The van der Waals surface area contributed by atoms with Crippen LogP contribution in [0.2, 0.25) is 0 Å². The van der Waals surface area contributed by atoms with Crippen LogP contribution < -0.4 is 10.6 Å². The van der Waals surface area contributed by atoms with Crippen molar-refractivity contribution in [2.45, 2.75) is 32.4 Å². The normalized spacial score (nSPS) is 17.0. The van der Waals surface area contributed by atoms with Crippen molar-refractivity contribution in [3.05, 3.63) is 35.4 Å². The van der Waals surface area contributed by atoms with Crippen LogP contribution >= 0.6 is 0 Å². The second-order valence-corrected chi connectivity index (χ2v) is 5.33. The predicted molar refractivity (Wildman–Crippen MR) is 84.8 cm³/mol. The van der Waals surface area contributed by atoms with Crippen LogP contribution in [0.4, 0.5) is 0 Å². The van der Waals surface area contributed by atoms with Gasteiger partial charge in [-0.15, -0.1) is 0 Å². The lowest BCUT2D eigenvalue weighted by Crippen LogP contribution is -2.34. The highest BCUT2D eigenvalue weighted by molar-refractivity contribution is 5.79. The Bertz CT molecular complexity index is 419. The van der Waals surface area contributed by atoms with E-state index in [9.17, 15) is 0 Å². The molecule has 0 aromatic heterocycles. The Balaban J connectivity index is 1.82. The standard InChI is InChI=1S/C16H26N4/c1-17-16(18-2)19-12-14-6-8-15(9-7-14)13-20-10-4-3-5-11-20/h6-9H,3-5,10-13H2,1-2H3,(H2,17,18,19). The fourth-order valence-electron chi connectivity index (χ4n) is 2.60. The van der Waals surface area contributed by atoms with E-state index in [1.807, 2.05) is 7.05 Å². The third-order valence-corrected chi connectivity index (χ3v) is 3.80. The van der Waals surface area contributed by atoms with Crippen molar-refractivity contribution in [2.75, 3.05) is 27.2 Å². The Labute approximate surface area is 122 Å². The van der Waals surface area contributed by atoms with Crippen LogP contribution in [0.3, 0.4) is 0 Å². The summed E-state index contributed by atoms with van der Waals surface area (Å²) in [5.74, 6) is 0.822. The third kappa shape index (κ3) is 4.53. The molecule has 0 radical (unpaired) electrons. The minimum Gasteiger partial charge on any atom is -0.359 e. The number of nitrogens with zero attached hydrogens (tertiary/aromatic N) is 2. The van der Waals surface area contributed by atoms with Gasteiger partial charge in [-0.1, -0.05) is 30.7 Å². The van der Waals surface area contributed by atoms with Crippen molar-refractivity contribution < 1.29 is 0 Å². The lowest BCUT2D eigenvalue weighted by molar-refractivity contribution is 0.221. The summed E-state index contributed by atoms with van der Waals surface area (Å²) in [5, 5.41) is 6.28. The molecule has 1 aromatic carbocycles. The molecule has 0 unspecified atom stereocenters. The predicted octanol–water partition coefficient (Wildman–Crippen LogP) is 1.97. The molecule has 1 aromatic rings. The van der Waals surface area contributed by atoms with E-state index in [1.165, 1.54) is 43.5 Å². The van der Waals surface area contributed by atoms with Crippen molar-refractivity contribution in [3.63, 3.8) is 0 Å². The van der Waals surface area contributed by atoms with Gasteiger partial charge in [0.15, 0.2) is 5.96 Å². The van der Waals surface area contributed by atoms with Gasteiger partial charge in [0.05, 0.1) is 0 Å². The van der Waals surface area contributed by atoms with Gasteiger partial charge in [-0.3, -0.25) is 9.89 Å². The lowest BCUT2D eigenvalue weighted by Gasteiger charge is -2.26. The van der Waals surface area contributed by atoms with Crippen LogP contribution in [0, 0.1) is 0 Å². The molecule has 110 valence electrons. The molecule has 0 atom stereocenters. The van der Waals surface area contributed by atoms with Gasteiger partial charge in [-0.2, -0.15) is 0 Å². The minimum atomic E-state index is 0.803. The van der Waals surface area contributed by atoms with Crippen molar-refractivity contribution in [1.82, 2.24) is 15.5 Å². The molecule has 0 bridgehead atoms. The van der Waals surface area contributed by atoms with E-state index in [0.29, 0.717) is 0 Å². The van der Waals surface area contributed by atoms with E-state index in [2.05, 4.69) is 44.8 Å². The molecule has 0 saturated carbocycles. The second-order valence-electron chi connectivity index (χ2n) is 5.33. The summed E-state index contributed by atoms with van der Waals surface area (Å²) in [6, 6.07) is 8.89. The van der Waals surface area contributed by atoms with Crippen molar-refractivity contribution in [3.8, 4) is 0 Å². The van der Waals surface area contributed by atoms with Crippen LogP contribution in [0.15, 0.2) is 29.3 Å². The highest BCUT2D eigenvalue weighted by Gasteiger charge is 2.10. The first-order valence-electron chi connectivity index (χ1n) is 7.50. The monoisotopic (exact) mass is 274 g/mol. The summed E-state index contributed by atoms with van der Waals surface area (Å²) in [6.45, 7) is 4.40. The van der Waals surface area contributed by atoms with Gasteiger partial charge < -0.3 is 10.6 Å². The number of likely N-dealkylation sites (tertiary alicyclic amines) is 1. The molecule has 20 heavy (non-hydrogen) atoms. The zero-order chi connectivity index (χ0) is 14.2. The summed E-state index contributed by atoms with van der Waals surface area (Å²) in [5.41, 5.74) is 2.69. The zero-order valence-electron chi connectivity index (χ0n) is 12.7. The highest BCUT2D eigenvalue weighted by atomic mass is 15.1. The molecule has 4 heteroatoms. The fourth-order valence-corrected chi connectivity index (χ4v) is 2.60. The first-order valence-corrected chi connectivity index (χ1v) is 7.50. The third-order valence-electron chi connectivity index (χ3n) is 3.80. The van der Waals surface area contributed by atoms with Gasteiger partial charge in [0, 0.05) is 27.2 Å². The van der Waals surface area contributed by atoms with Gasteiger partial charge in [0.1, 0.15) is 0 Å². The maximum Gasteiger partial charge on any atom is 0.190 e. The van der Waals surface area contributed by atoms with E-state index < -0.39 is 0 Å². The highest BCUT2D eigenvalue weighted by Crippen LogP contribution is 2.13. The first kappa shape index (κ1) is 14.9. The number of piperidine rings is 1. The van der Waals surface area contributed by atoms with Crippen molar-refractivity contribution in [2.24, 2.45) is 4.99 Å². The average molecular weight is 274 g/mol. The molecule has 2 rings (SSSR count). The van der Waals surface area contributed by atoms with Crippen molar-refractivity contribution in [1.29, 1.82) is 0 Å². The molecular weight excluding hydrogens is 248 g/mol. The smallest absolute Gasteiger partial charge is 0.190 e. The summed E-state index contributed by atoms with van der Waals surface area (Å²) in [6.07, 6.45) is 4.10. The summed E-state index contributed by atoms with van der Waals surface area (Å²) in [4.78, 5) is 6.66. The Kier molecular flexibility index (Phi) is 5.87. The molecule has 4 nitrogen and oxygen atoms in total. The maximum atomic E-state index is 4.10. The van der Waals surface area contributed by atoms with Crippen LogP contribution in [0.1, 0.15) is 30.4 Å². The van der Waals surface area contributed by atoms with Crippen LogP contribution in [0.5, 0.6) is 0 Å². The number of nitrogens with one attached hydrogen (secondary N) is 2. The molecule has 2 N–H and O–H groups in total. The minimum absolute atomic E-state index is 0.803. The van der Waals surface area contributed by atoms with E-state index in [-0.39, 0.29) is 0 Å². The summed E-state index contributed by atoms with van der Waals surface area (Å²) >= 11 is 0. The maximum absolute atomic E-state index is 4.10. The zero-order valence-corrected chi connectivity index (χ0v) is 12.7. The largest absolute Gasteiger partial charge is 0.359 e. The molecule has 1 fully saturated rings. The van der Waals surface area contributed by atoms with Gasteiger partial charge >= 0.3 is 0 Å². The fraction of sp³-hybridized carbons (Fsp3) is 0.562. The number of hydrogen-bond acceptors (Lipinski definition) is 2. The number of rotatable bonds is 4. The molecule has 1 heterocycles. The van der Waals surface area contributed by atoms with Gasteiger partial charge in [0.2, 0.25) is 0 Å². The van der Waals surface area contributed by atoms with Crippen molar-refractivity contribution >= 4 is 5.96 Å². The van der Waals surface area contributed by atoms with E-state index in [1.54, 1.807) is 7.05 Å². The molecule has 1 aliphatic rings. The van der Waals surface area contributed by atoms with Gasteiger partial charge in [0.25, 0.3) is 0 Å². The number of hydrogen-bond donors (Lipinski definition) is 2. The SMILES string of the molecule is CN=C(NC)NCc1ccc(CN2CCCCC2)cc1. The molecule has 0 amide bonds. The molecule has 0 aliphatic carbocycles. The van der Waals surface area contributed by atoms with Gasteiger partial charge in [-0.25, -0.2) is 0 Å². The molecule has 1 saturated heterocycles. The Morgan fingerprint density at radius 3 is 2.35 bits per heavy atom. The van der Waals surface area contributed by atoms with Crippen LogP contribution in [0.25, 0.3) is 0 Å². The Hall–Kier alpha value is -1.55. The lowest BCUT2D eigenvalue weighted by atomic mass is 10.1. The van der Waals surface area contributed by atoms with E-state index >= 15 is 0 Å². The number of benzene rings is 1. The van der Waals surface area contributed by atoms with Crippen LogP contribution in [-0.2, 0) is 13.1 Å². The molecule has 0 spiro atoms. The van der Waals surface area contributed by atoms with Gasteiger partial charge in [-0.05, 0) is 37.1 Å². The van der Waals surface area contributed by atoms with Crippen LogP contribution in [-0.4, -0.2) is 38.0 Å². The summed E-state index contributed by atoms with van der Waals surface area (Å²) in [7, 11) is 3.65. The second kappa shape index (κ2) is 7.90. The quantitative estimate of drug-likeness (QED) is 0.651. The Morgan fingerprint density at radius 2 is 1.75 bits per heavy atom. The average Bonchev–Trinajstić information content (AvgIpc) is 2.51. The number of aliphatic imine (C=N–C) groups is 1. The molecule has 1 aliphatic heterocycles. The first-order chi connectivity index (χ1) is 9.81. The summed E-state index contributed by atoms with van der Waals surface area (Å²) < 4.78 is 0. The topological polar surface area (TPSA) is 39.7 Å². The van der Waals surface area contributed by atoms with E-state index in [4.69, 9.17) is 0 Å².